The molecule has 0 radical (unpaired) electrons. The minimum absolute atomic E-state index is 0.0362. The number of amides is 3. The van der Waals surface area contributed by atoms with Gasteiger partial charge in [0, 0.05) is 94.6 Å². The number of rotatable bonds is 7. The fourth-order valence-corrected chi connectivity index (χ4v) is 3.34. The van der Waals surface area contributed by atoms with Crippen molar-refractivity contribution in [2.45, 2.75) is 0 Å². The summed E-state index contributed by atoms with van der Waals surface area (Å²) in [6.45, 7) is 7.01. The van der Waals surface area contributed by atoms with Crippen molar-refractivity contribution >= 4 is 17.7 Å². The average Bonchev–Trinajstić information content (AvgIpc) is 2.74. The summed E-state index contributed by atoms with van der Waals surface area (Å²) < 4.78 is 0. The third-order valence-corrected chi connectivity index (χ3v) is 5.82. The summed E-state index contributed by atoms with van der Waals surface area (Å²) >= 11 is 0. The lowest BCUT2D eigenvalue weighted by Crippen LogP contribution is -2.50. The van der Waals surface area contributed by atoms with Crippen molar-refractivity contribution in [3.8, 4) is 12.3 Å². The van der Waals surface area contributed by atoms with E-state index < -0.39 is 0 Å². The van der Waals surface area contributed by atoms with Gasteiger partial charge in [0.1, 0.15) is 0 Å². The molecular weight excluding hydrogens is 422 g/mol. The maximum Gasteiger partial charge on any atom is 0.236 e. The monoisotopic (exact) mass is 465 g/mol. The molecule has 0 unspecified atom stereocenters. The predicted molar refractivity (Wildman–Crippen MR) is 131 cm³/mol. The first-order chi connectivity index (χ1) is 15.5. The molecule has 10 heteroatoms. The number of likely N-dealkylation sites (N-methyl/N-ethyl adjacent to an activating group) is 3. The number of terminal acetylenes is 1. The molecule has 1 aliphatic heterocycles. The maximum absolute atomic E-state index is 12.4. The van der Waals surface area contributed by atoms with Crippen LogP contribution in [0.25, 0.3) is 0 Å². The largest absolute Gasteiger partial charge is 0.348 e. The van der Waals surface area contributed by atoms with Gasteiger partial charge in [-0.25, -0.2) is 0 Å². The van der Waals surface area contributed by atoms with E-state index in [0.717, 1.165) is 13.1 Å². The van der Waals surface area contributed by atoms with E-state index in [1.807, 2.05) is 0 Å². The van der Waals surface area contributed by atoms with Crippen LogP contribution in [0.1, 0.15) is 0 Å². The lowest BCUT2D eigenvalue weighted by atomic mass is 10.3. The van der Waals surface area contributed by atoms with Gasteiger partial charge >= 0.3 is 0 Å². The van der Waals surface area contributed by atoms with Crippen molar-refractivity contribution in [1.82, 2.24) is 34.3 Å². The van der Waals surface area contributed by atoms with Gasteiger partial charge in [-0.2, -0.15) is 0 Å². The van der Waals surface area contributed by atoms with Crippen LogP contribution in [0.15, 0.2) is 0 Å². The third-order valence-electron chi connectivity index (χ3n) is 5.82. The van der Waals surface area contributed by atoms with Crippen LogP contribution < -0.4 is 0 Å². The standard InChI is InChI=1S/C23H43N7O3/c1-8-9-27-10-12-28(18-21(31)24(2)3)14-16-30(20-23(33)26(6)7)17-15-29(13-11-27)19-22(32)25(4)5/h1H,9-20H2,2-7H3. The maximum atomic E-state index is 12.4. The molecule has 33 heavy (non-hydrogen) atoms. The Kier molecular flexibility index (Phi) is 13.0. The molecule has 1 saturated heterocycles. The molecule has 1 heterocycles. The second kappa shape index (κ2) is 14.9. The van der Waals surface area contributed by atoms with Crippen LogP contribution in [0, 0.1) is 12.3 Å². The Morgan fingerprint density at radius 2 is 0.818 bits per heavy atom. The summed E-state index contributed by atoms with van der Waals surface area (Å²) in [5, 5.41) is 0. The topological polar surface area (TPSA) is 73.9 Å². The van der Waals surface area contributed by atoms with Crippen LogP contribution in [-0.2, 0) is 14.4 Å². The van der Waals surface area contributed by atoms with Gasteiger partial charge in [-0.3, -0.25) is 34.0 Å². The van der Waals surface area contributed by atoms with Crippen LogP contribution >= 0.6 is 0 Å². The van der Waals surface area contributed by atoms with E-state index in [4.69, 9.17) is 6.42 Å². The summed E-state index contributed by atoms with van der Waals surface area (Å²) in [5.41, 5.74) is 0. The summed E-state index contributed by atoms with van der Waals surface area (Å²) in [6.07, 6.45) is 5.59. The lowest BCUT2D eigenvalue weighted by Gasteiger charge is -2.34. The fourth-order valence-electron chi connectivity index (χ4n) is 3.34. The molecule has 0 aromatic rings. The van der Waals surface area contributed by atoms with Gasteiger partial charge in [-0.1, -0.05) is 5.92 Å². The summed E-state index contributed by atoms with van der Waals surface area (Å²) in [4.78, 5) is 50.5. The molecule has 10 nitrogen and oxygen atoms in total. The van der Waals surface area contributed by atoms with Crippen molar-refractivity contribution in [3.05, 3.63) is 0 Å². The average molecular weight is 466 g/mol. The van der Waals surface area contributed by atoms with Gasteiger partial charge in [-0.05, 0) is 0 Å². The van der Waals surface area contributed by atoms with E-state index >= 15 is 0 Å². The van der Waals surface area contributed by atoms with Crippen LogP contribution in [0.2, 0.25) is 0 Å². The van der Waals surface area contributed by atoms with E-state index in [1.165, 1.54) is 0 Å². The van der Waals surface area contributed by atoms with Crippen molar-refractivity contribution in [2.75, 3.05) is 121 Å². The predicted octanol–water partition coefficient (Wildman–Crippen LogP) is -1.89. The number of hydrogen-bond acceptors (Lipinski definition) is 7. The highest BCUT2D eigenvalue weighted by Crippen LogP contribution is 2.03. The third kappa shape index (κ3) is 11.5. The molecule has 0 saturated carbocycles. The quantitative estimate of drug-likeness (QED) is 0.407. The molecule has 0 aromatic carbocycles. The van der Waals surface area contributed by atoms with Crippen LogP contribution in [0.4, 0.5) is 0 Å². The van der Waals surface area contributed by atoms with Crippen molar-refractivity contribution in [2.24, 2.45) is 0 Å². The molecule has 0 spiro atoms. The van der Waals surface area contributed by atoms with E-state index in [1.54, 1.807) is 57.0 Å². The molecule has 1 rings (SSSR count). The Morgan fingerprint density at radius 3 is 1.03 bits per heavy atom. The summed E-state index contributed by atoms with van der Waals surface area (Å²) in [5.74, 6) is 2.86. The Bertz CT molecular complexity index is 637. The first kappa shape index (κ1) is 28.8. The van der Waals surface area contributed by atoms with Gasteiger partial charge in [0.25, 0.3) is 0 Å². The molecule has 1 fully saturated rings. The van der Waals surface area contributed by atoms with Gasteiger partial charge in [0.15, 0.2) is 0 Å². The zero-order chi connectivity index (χ0) is 25.0. The lowest BCUT2D eigenvalue weighted by molar-refractivity contribution is -0.132. The minimum atomic E-state index is 0.0362. The SMILES string of the molecule is C#CCN1CCN(CC(=O)N(C)C)CCN(CC(=O)N(C)C)CCN(CC(=O)N(C)C)CC1. The summed E-state index contributed by atoms with van der Waals surface area (Å²) in [7, 11) is 10.5. The number of nitrogens with zero attached hydrogens (tertiary/aromatic N) is 7. The number of hydrogen-bond donors (Lipinski definition) is 0. The van der Waals surface area contributed by atoms with Crippen LogP contribution in [-0.4, -0.2) is 173 Å². The second-order valence-corrected chi connectivity index (χ2v) is 9.17. The highest BCUT2D eigenvalue weighted by molar-refractivity contribution is 5.78. The van der Waals surface area contributed by atoms with Crippen LogP contribution in [0.3, 0.4) is 0 Å². The zero-order valence-electron chi connectivity index (χ0n) is 21.4. The van der Waals surface area contributed by atoms with E-state index in [9.17, 15) is 14.4 Å². The van der Waals surface area contributed by atoms with E-state index in [2.05, 4.69) is 25.5 Å². The minimum Gasteiger partial charge on any atom is -0.348 e. The van der Waals surface area contributed by atoms with Gasteiger partial charge in [-0.15, -0.1) is 6.42 Å². The summed E-state index contributed by atoms with van der Waals surface area (Å²) in [6, 6.07) is 0. The van der Waals surface area contributed by atoms with Gasteiger partial charge in [0.2, 0.25) is 17.7 Å². The van der Waals surface area contributed by atoms with Crippen molar-refractivity contribution < 1.29 is 14.4 Å². The highest BCUT2D eigenvalue weighted by Gasteiger charge is 2.21. The first-order valence-electron chi connectivity index (χ1n) is 11.5. The highest BCUT2D eigenvalue weighted by atomic mass is 16.2. The van der Waals surface area contributed by atoms with Crippen LogP contribution in [0.5, 0.6) is 0 Å². The van der Waals surface area contributed by atoms with Gasteiger partial charge in [0.05, 0.1) is 26.2 Å². The molecule has 0 N–H and O–H groups in total. The molecule has 0 bridgehead atoms. The smallest absolute Gasteiger partial charge is 0.236 e. The Labute approximate surface area is 200 Å². The number of carbonyl (C=O) groups excluding carboxylic acids is 3. The fraction of sp³-hybridized carbons (Fsp3) is 0.783. The first-order valence-corrected chi connectivity index (χ1v) is 11.5. The molecule has 0 aromatic heterocycles. The Morgan fingerprint density at radius 1 is 0.576 bits per heavy atom. The zero-order valence-corrected chi connectivity index (χ0v) is 21.4. The normalized spacial score (nSPS) is 18.0. The molecular formula is C23H43N7O3. The van der Waals surface area contributed by atoms with Crippen molar-refractivity contribution in [3.63, 3.8) is 0 Å². The van der Waals surface area contributed by atoms with Crippen molar-refractivity contribution in [1.29, 1.82) is 0 Å². The Hall–Kier alpha value is -2.19. The molecule has 1 aliphatic rings. The molecule has 0 atom stereocenters. The molecule has 0 aliphatic carbocycles. The Balaban J connectivity index is 3.02. The molecule has 188 valence electrons. The van der Waals surface area contributed by atoms with E-state index in [-0.39, 0.29) is 17.7 Å². The van der Waals surface area contributed by atoms with Gasteiger partial charge < -0.3 is 14.7 Å². The second-order valence-electron chi connectivity index (χ2n) is 9.17. The van der Waals surface area contributed by atoms with E-state index in [0.29, 0.717) is 65.4 Å². The number of carbonyl (C=O) groups is 3. The molecule has 3 amide bonds.